The van der Waals surface area contributed by atoms with Crippen LogP contribution in [0.1, 0.15) is 25.3 Å². The summed E-state index contributed by atoms with van der Waals surface area (Å²) < 4.78 is 8.75. The summed E-state index contributed by atoms with van der Waals surface area (Å²) in [6.45, 7) is 4.99. The number of hydrogen-bond acceptors (Lipinski definition) is 3. The van der Waals surface area contributed by atoms with Gasteiger partial charge in [0, 0.05) is 19.5 Å². The quantitative estimate of drug-likeness (QED) is 0.694. The Balaban J connectivity index is 1.79. The van der Waals surface area contributed by atoms with Crippen LogP contribution in [0.3, 0.4) is 0 Å². The number of aryl methyl sites for hydroxylation is 3. The van der Waals surface area contributed by atoms with Gasteiger partial charge < -0.3 is 10.1 Å². The van der Waals surface area contributed by atoms with Crippen LogP contribution in [0.5, 0.6) is 5.75 Å². The number of nitrogens with one attached hydrogen (secondary N) is 1. The van der Waals surface area contributed by atoms with Gasteiger partial charge in [-0.15, -0.1) is 0 Å². The van der Waals surface area contributed by atoms with Crippen molar-refractivity contribution in [3.63, 3.8) is 0 Å². The van der Waals surface area contributed by atoms with Gasteiger partial charge in [-0.05, 0) is 43.2 Å². The number of imidazole rings is 1. The van der Waals surface area contributed by atoms with Crippen LogP contribution in [0, 0.1) is 6.92 Å². The molecule has 0 aliphatic carbocycles. The van der Waals surface area contributed by atoms with Crippen molar-refractivity contribution < 1.29 is 9.53 Å². The molecule has 0 fully saturated rings. The van der Waals surface area contributed by atoms with Crippen LogP contribution in [-0.2, 0) is 17.9 Å². The van der Waals surface area contributed by atoms with E-state index in [1.807, 2.05) is 56.3 Å². The van der Waals surface area contributed by atoms with Crippen LogP contribution in [0.4, 0.5) is 5.69 Å². The summed E-state index contributed by atoms with van der Waals surface area (Å²) in [6, 6.07) is 13.3. The maximum Gasteiger partial charge on any atom is 0.329 e. The second-order valence-electron chi connectivity index (χ2n) is 6.58. The molecule has 0 aliphatic heterocycles. The van der Waals surface area contributed by atoms with Gasteiger partial charge in [-0.1, -0.05) is 25.1 Å². The third-order valence-electron chi connectivity index (χ3n) is 4.56. The summed E-state index contributed by atoms with van der Waals surface area (Å²) in [5.74, 6) is 0.462. The molecule has 1 heterocycles. The summed E-state index contributed by atoms with van der Waals surface area (Å²) in [5, 5.41) is 2.89. The highest BCUT2D eigenvalue weighted by Gasteiger charge is 2.14. The Morgan fingerprint density at radius 2 is 1.74 bits per heavy atom. The van der Waals surface area contributed by atoms with E-state index in [1.54, 1.807) is 16.2 Å². The minimum absolute atomic E-state index is 0.0704. The van der Waals surface area contributed by atoms with E-state index in [0.717, 1.165) is 23.0 Å². The molecule has 0 atom stereocenters. The SMILES string of the molecule is CCCn1c(=O)n(CCC(=O)Nc2cc(C)ccc2OC)c2ccccc21. The van der Waals surface area contributed by atoms with Gasteiger partial charge in [0.2, 0.25) is 5.91 Å². The lowest BCUT2D eigenvalue weighted by Crippen LogP contribution is -2.26. The fraction of sp³-hybridized carbons (Fsp3) is 0.333. The van der Waals surface area contributed by atoms with E-state index in [-0.39, 0.29) is 18.0 Å². The standard InChI is InChI=1S/C21H25N3O3/c1-4-12-23-17-7-5-6-8-18(17)24(21(23)26)13-11-20(25)22-16-14-15(2)9-10-19(16)27-3/h5-10,14H,4,11-13H2,1-3H3,(H,22,25). The fourth-order valence-electron chi connectivity index (χ4n) is 3.27. The first kappa shape index (κ1) is 18.8. The number of amides is 1. The first-order chi connectivity index (χ1) is 13.0. The number of benzene rings is 2. The molecule has 0 unspecified atom stereocenters. The van der Waals surface area contributed by atoms with Gasteiger partial charge in [0.05, 0.1) is 23.8 Å². The van der Waals surface area contributed by atoms with Crippen molar-refractivity contribution in [3.05, 3.63) is 58.5 Å². The summed E-state index contributed by atoms with van der Waals surface area (Å²) in [4.78, 5) is 25.2. The number of nitrogens with zero attached hydrogens (tertiary/aromatic N) is 2. The molecule has 0 saturated heterocycles. The Morgan fingerprint density at radius 3 is 2.37 bits per heavy atom. The number of carbonyl (C=O) groups is 1. The molecule has 1 amide bonds. The maximum atomic E-state index is 12.8. The predicted molar refractivity (Wildman–Crippen MR) is 107 cm³/mol. The molecule has 3 rings (SSSR count). The topological polar surface area (TPSA) is 65.3 Å². The molecule has 6 heteroatoms. The predicted octanol–water partition coefficient (Wildman–Crippen LogP) is 3.56. The van der Waals surface area contributed by atoms with Crippen LogP contribution in [0.15, 0.2) is 47.3 Å². The number of anilines is 1. The van der Waals surface area contributed by atoms with E-state index < -0.39 is 0 Å². The van der Waals surface area contributed by atoms with Crippen LogP contribution in [0.2, 0.25) is 0 Å². The molecule has 0 spiro atoms. The molecule has 0 aliphatic rings. The van der Waals surface area contributed by atoms with Crippen molar-refractivity contribution in [3.8, 4) is 5.75 Å². The number of hydrogen-bond donors (Lipinski definition) is 1. The summed E-state index contributed by atoms with van der Waals surface area (Å²) >= 11 is 0. The third kappa shape index (κ3) is 3.89. The van der Waals surface area contributed by atoms with Gasteiger partial charge >= 0.3 is 5.69 Å². The molecule has 27 heavy (non-hydrogen) atoms. The molecule has 1 aromatic heterocycles. The highest BCUT2D eigenvalue weighted by Crippen LogP contribution is 2.25. The monoisotopic (exact) mass is 367 g/mol. The smallest absolute Gasteiger partial charge is 0.329 e. The molecule has 1 N–H and O–H groups in total. The van der Waals surface area contributed by atoms with Gasteiger partial charge in [0.25, 0.3) is 0 Å². The van der Waals surface area contributed by atoms with E-state index >= 15 is 0 Å². The van der Waals surface area contributed by atoms with Crippen molar-refractivity contribution >= 4 is 22.6 Å². The zero-order valence-corrected chi connectivity index (χ0v) is 16.0. The molecule has 3 aromatic rings. The van der Waals surface area contributed by atoms with E-state index in [2.05, 4.69) is 5.32 Å². The number of carbonyl (C=O) groups excluding carboxylic acids is 1. The van der Waals surface area contributed by atoms with Gasteiger partial charge in [0.1, 0.15) is 5.75 Å². The van der Waals surface area contributed by atoms with Crippen molar-refractivity contribution in [2.75, 3.05) is 12.4 Å². The number of fused-ring (bicyclic) bond motifs is 1. The Bertz CT molecular complexity index is 1020. The van der Waals surface area contributed by atoms with E-state index in [9.17, 15) is 9.59 Å². The van der Waals surface area contributed by atoms with E-state index in [4.69, 9.17) is 4.74 Å². The maximum absolute atomic E-state index is 12.8. The summed E-state index contributed by atoms with van der Waals surface area (Å²) in [7, 11) is 1.57. The normalized spacial score (nSPS) is 10.9. The molecule has 0 radical (unpaired) electrons. The number of aromatic nitrogens is 2. The van der Waals surface area contributed by atoms with E-state index in [1.165, 1.54) is 0 Å². The molecule has 0 bridgehead atoms. The van der Waals surface area contributed by atoms with Crippen LogP contribution in [0.25, 0.3) is 11.0 Å². The Morgan fingerprint density at radius 1 is 1.07 bits per heavy atom. The molecular formula is C21H25N3O3. The van der Waals surface area contributed by atoms with Crippen molar-refractivity contribution in [2.24, 2.45) is 0 Å². The van der Waals surface area contributed by atoms with Crippen molar-refractivity contribution in [2.45, 2.75) is 39.8 Å². The average molecular weight is 367 g/mol. The first-order valence-corrected chi connectivity index (χ1v) is 9.17. The molecule has 0 saturated carbocycles. The molecular weight excluding hydrogens is 342 g/mol. The van der Waals surface area contributed by atoms with Gasteiger partial charge in [-0.3, -0.25) is 13.9 Å². The minimum atomic E-state index is -0.155. The molecule has 142 valence electrons. The second-order valence-corrected chi connectivity index (χ2v) is 6.58. The van der Waals surface area contributed by atoms with Crippen LogP contribution >= 0.6 is 0 Å². The third-order valence-corrected chi connectivity index (χ3v) is 4.56. The number of methoxy groups -OCH3 is 1. The Kier molecular flexibility index (Phi) is 5.64. The number of rotatable bonds is 7. The second kappa shape index (κ2) is 8.12. The Labute approximate surface area is 158 Å². The van der Waals surface area contributed by atoms with Crippen LogP contribution in [-0.4, -0.2) is 22.2 Å². The van der Waals surface area contributed by atoms with Gasteiger partial charge in [0.15, 0.2) is 0 Å². The Hall–Kier alpha value is -3.02. The van der Waals surface area contributed by atoms with Gasteiger partial charge in [-0.2, -0.15) is 0 Å². The fourth-order valence-corrected chi connectivity index (χ4v) is 3.27. The molecule has 6 nitrogen and oxygen atoms in total. The lowest BCUT2D eigenvalue weighted by molar-refractivity contribution is -0.116. The van der Waals surface area contributed by atoms with Crippen molar-refractivity contribution in [1.82, 2.24) is 9.13 Å². The van der Waals surface area contributed by atoms with Crippen molar-refractivity contribution in [1.29, 1.82) is 0 Å². The van der Waals surface area contributed by atoms with Crippen LogP contribution < -0.4 is 15.7 Å². The highest BCUT2D eigenvalue weighted by atomic mass is 16.5. The minimum Gasteiger partial charge on any atom is -0.495 e. The van der Waals surface area contributed by atoms with Gasteiger partial charge in [-0.25, -0.2) is 4.79 Å². The number of ether oxygens (including phenoxy) is 1. The summed E-state index contributed by atoms with van der Waals surface area (Å²) in [6.07, 6.45) is 1.08. The molecule has 2 aromatic carbocycles. The lowest BCUT2D eigenvalue weighted by atomic mass is 10.2. The zero-order chi connectivity index (χ0) is 19.4. The average Bonchev–Trinajstić information content (AvgIpc) is 2.92. The number of para-hydroxylation sites is 2. The highest BCUT2D eigenvalue weighted by molar-refractivity contribution is 5.92. The lowest BCUT2D eigenvalue weighted by Gasteiger charge is -2.11. The van der Waals surface area contributed by atoms with E-state index in [0.29, 0.717) is 24.5 Å². The largest absolute Gasteiger partial charge is 0.495 e. The zero-order valence-electron chi connectivity index (χ0n) is 16.0. The first-order valence-electron chi connectivity index (χ1n) is 9.17. The summed E-state index contributed by atoms with van der Waals surface area (Å²) in [5.41, 5.74) is 3.37.